The lowest BCUT2D eigenvalue weighted by atomic mass is 10.5. The number of rotatable bonds is 7. The van der Waals surface area contributed by atoms with Gasteiger partial charge in [0.05, 0.1) is 4.92 Å². The van der Waals surface area contributed by atoms with Gasteiger partial charge in [-0.2, -0.15) is 4.31 Å². The van der Waals surface area contributed by atoms with Gasteiger partial charge in [-0.3, -0.25) is 10.1 Å². The minimum Gasteiger partial charge on any atom is -0.372 e. The van der Waals surface area contributed by atoms with E-state index in [9.17, 15) is 18.5 Å². The van der Waals surface area contributed by atoms with Crippen LogP contribution in [0.4, 0.5) is 10.7 Å². The van der Waals surface area contributed by atoms with Gasteiger partial charge in [-0.05, 0) is 6.92 Å². The van der Waals surface area contributed by atoms with Crippen LogP contribution in [0.2, 0.25) is 0 Å². The summed E-state index contributed by atoms with van der Waals surface area (Å²) >= 11 is 0.896. The van der Waals surface area contributed by atoms with Crippen LogP contribution < -0.4 is 5.32 Å². The van der Waals surface area contributed by atoms with Crippen molar-refractivity contribution in [2.75, 3.05) is 25.0 Å². The second-order valence-corrected chi connectivity index (χ2v) is 6.87. The van der Waals surface area contributed by atoms with Crippen molar-refractivity contribution in [1.82, 2.24) is 4.31 Å². The van der Waals surface area contributed by atoms with Gasteiger partial charge in [-0.1, -0.05) is 25.2 Å². The highest BCUT2D eigenvalue weighted by molar-refractivity contribution is 7.91. The first-order valence-electron chi connectivity index (χ1n) is 5.90. The lowest BCUT2D eigenvalue weighted by Crippen LogP contribution is -2.29. The summed E-state index contributed by atoms with van der Waals surface area (Å²) in [5.41, 5.74) is -0.197. The predicted octanol–water partition coefficient (Wildman–Crippen LogP) is 2.12. The van der Waals surface area contributed by atoms with Crippen molar-refractivity contribution in [3.63, 3.8) is 0 Å². The zero-order chi connectivity index (χ0) is 14.6. The van der Waals surface area contributed by atoms with Crippen LogP contribution in [0.25, 0.3) is 0 Å². The van der Waals surface area contributed by atoms with Gasteiger partial charge in [0.2, 0.25) is 0 Å². The van der Waals surface area contributed by atoms with Crippen molar-refractivity contribution in [3.05, 3.63) is 16.2 Å². The normalized spacial score (nSPS) is 11.8. The maximum absolute atomic E-state index is 12.3. The molecule has 0 bridgehead atoms. The first-order valence-corrected chi connectivity index (χ1v) is 8.16. The van der Waals surface area contributed by atoms with Crippen LogP contribution in [0.1, 0.15) is 20.8 Å². The summed E-state index contributed by atoms with van der Waals surface area (Å²) in [6.45, 7) is 6.42. The first-order chi connectivity index (χ1) is 8.88. The third kappa shape index (κ3) is 3.23. The predicted molar refractivity (Wildman–Crippen MR) is 75.2 cm³/mol. The van der Waals surface area contributed by atoms with E-state index in [1.165, 1.54) is 4.31 Å². The topological polar surface area (TPSA) is 92.6 Å². The summed E-state index contributed by atoms with van der Waals surface area (Å²) in [7, 11) is -3.65. The molecular weight excluding hydrogens is 290 g/mol. The zero-order valence-corrected chi connectivity index (χ0v) is 12.7. The van der Waals surface area contributed by atoms with E-state index < -0.39 is 14.9 Å². The van der Waals surface area contributed by atoms with E-state index in [2.05, 4.69) is 5.32 Å². The molecule has 0 amide bonds. The van der Waals surface area contributed by atoms with Crippen LogP contribution >= 0.6 is 11.3 Å². The Hall–Kier alpha value is -1.19. The Kier molecular flexibility index (Phi) is 5.27. The molecular formula is C10H17N3O4S2. The van der Waals surface area contributed by atoms with Crippen molar-refractivity contribution >= 4 is 32.0 Å². The Labute approximate surface area is 116 Å². The van der Waals surface area contributed by atoms with Gasteiger partial charge in [0.15, 0.2) is 5.00 Å². The minimum atomic E-state index is -3.65. The van der Waals surface area contributed by atoms with E-state index in [-0.39, 0.29) is 14.9 Å². The average molecular weight is 307 g/mol. The zero-order valence-electron chi connectivity index (χ0n) is 11.0. The van der Waals surface area contributed by atoms with Crippen molar-refractivity contribution < 1.29 is 13.3 Å². The van der Waals surface area contributed by atoms with Crippen molar-refractivity contribution in [2.45, 2.75) is 25.0 Å². The molecule has 9 heteroatoms. The van der Waals surface area contributed by atoms with E-state index in [1.54, 1.807) is 20.8 Å². The monoisotopic (exact) mass is 307 g/mol. The molecule has 1 aromatic heterocycles. The second-order valence-electron chi connectivity index (χ2n) is 3.66. The smallest absolute Gasteiger partial charge is 0.304 e. The third-order valence-corrected chi connectivity index (χ3v) is 6.10. The molecule has 0 atom stereocenters. The van der Waals surface area contributed by atoms with Gasteiger partial charge in [0.25, 0.3) is 10.0 Å². The van der Waals surface area contributed by atoms with Gasteiger partial charge < -0.3 is 5.32 Å². The lowest BCUT2D eigenvalue weighted by molar-refractivity contribution is -0.383. The fraction of sp³-hybridized carbons (Fsp3) is 0.600. The van der Waals surface area contributed by atoms with Gasteiger partial charge in [-0.25, -0.2) is 8.42 Å². The molecule has 1 N–H and O–H groups in total. The summed E-state index contributed by atoms with van der Waals surface area (Å²) < 4.78 is 25.8. The molecule has 0 saturated carbocycles. The summed E-state index contributed by atoms with van der Waals surface area (Å²) in [5.74, 6) is 0. The van der Waals surface area contributed by atoms with Gasteiger partial charge in [0.1, 0.15) is 4.21 Å². The van der Waals surface area contributed by atoms with E-state index in [4.69, 9.17) is 0 Å². The highest BCUT2D eigenvalue weighted by atomic mass is 32.2. The number of thiophene rings is 1. The lowest BCUT2D eigenvalue weighted by Gasteiger charge is -2.16. The SMILES string of the molecule is CCNc1sc(S(=O)(=O)N(CC)CC)cc1[N+](=O)[O-]. The largest absolute Gasteiger partial charge is 0.372 e. The molecule has 0 aliphatic heterocycles. The Morgan fingerprint density at radius 2 is 1.95 bits per heavy atom. The molecule has 0 unspecified atom stereocenters. The Morgan fingerprint density at radius 3 is 2.37 bits per heavy atom. The number of hydrogen-bond donors (Lipinski definition) is 1. The molecule has 1 rings (SSSR count). The Morgan fingerprint density at radius 1 is 1.37 bits per heavy atom. The van der Waals surface area contributed by atoms with Crippen LogP contribution in [0.5, 0.6) is 0 Å². The fourth-order valence-corrected chi connectivity index (χ4v) is 4.61. The van der Waals surface area contributed by atoms with Crippen LogP contribution in [0.3, 0.4) is 0 Å². The molecule has 0 aliphatic carbocycles. The summed E-state index contributed by atoms with van der Waals surface area (Å²) in [6, 6.07) is 1.12. The first kappa shape index (κ1) is 15.9. The van der Waals surface area contributed by atoms with Crippen LogP contribution in [0.15, 0.2) is 10.3 Å². The molecule has 0 aromatic carbocycles. The molecule has 0 fully saturated rings. The maximum atomic E-state index is 12.3. The summed E-state index contributed by atoms with van der Waals surface area (Å²) in [5, 5.41) is 14.0. The minimum absolute atomic E-state index is 0.00106. The van der Waals surface area contributed by atoms with Gasteiger partial charge in [0, 0.05) is 25.7 Å². The maximum Gasteiger partial charge on any atom is 0.304 e. The third-order valence-electron chi connectivity index (χ3n) is 2.52. The van der Waals surface area contributed by atoms with Crippen LogP contribution in [-0.4, -0.2) is 37.3 Å². The average Bonchev–Trinajstić information content (AvgIpc) is 2.75. The van der Waals surface area contributed by atoms with Crippen molar-refractivity contribution in [1.29, 1.82) is 0 Å². The second kappa shape index (κ2) is 6.31. The molecule has 0 radical (unpaired) electrons. The summed E-state index contributed by atoms with van der Waals surface area (Å²) in [6.07, 6.45) is 0. The molecule has 108 valence electrons. The van der Waals surface area contributed by atoms with Crippen LogP contribution in [0, 0.1) is 10.1 Å². The highest BCUT2D eigenvalue weighted by Gasteiger charge is 2.29. The van der Waals surface area contributed by atoms with E-state index in [1.807, 2.05) is 0 Å². The molecule has 1 aromatic rings. The number of nitro groups is 1. The number of hydrogen-bond acceptors (Lipinski definition) is 6. The van der Waals surface area contributed by atoms with Crippen LogP contribution in [-0.2, 0) is 10.0 Å². The standard InChI is InChI=1S/C10H17N3O4S2/c1-4-11-10-8(13(14)15)7-9(18-10)19(16,17)12(5-2)6-3/h7,11H,4-6H2,1-3H3. The van der Waals surface area contributed by atoms with Crippen molar-refractivity contribution in [2.24, 2.45) is 0 Å². The molecule has 0 aliphatic rings. The molecule has 0 spiro atoms. The molecule has 7 nitrogen and oxygen atoms in total. The van der Waals surface area contributed by atoms with Crippen molar-refractivity contribution in [3.8, 4) is 0 Å². The number of nitrogens with one attached hydrogen (secondary N) is 1. The molecule has 19 heavy (non-hydrogen) atoms. The fourth-order valence-electron chi connectivity index (χ4n) is 1.60. The number of nitrogens with zero attached hydrogens (tertiary/aromatic N) is 2. The Bertz CT molecular complexity index is 549. The molecule has 1 heterocycles. The van der Waals surface area contributed by atoms with E-state index in [0.29, 0.717) is 19.6 Å². The Balaban J connectivity index is 3.28. The highest BCUT2D eigenvalue weighted by Crippen LogP contribution is 2.38. The molecule has 0 saturated heterocycles. The van der Waals surface area contributed by atoms with Gasteiger partial charge >= 0.3 is 5.69 Å². The van der Waals surface area contributed by atoms with E-state index in [0.717, 1.165) is 17.4 Å². The number of sulfonamides is 1. The quantitative estimate of drug-likeness (QED) is 0.615. The summed E-state index contributed by atoms with van der Waals surface area (Å²) in [4.78, 5) is 10.3. The van der Waals surface area contributed by atoms with E-state index >= 15 is 0 Å². The van der Waals surface area contributed by atoms with Gasteiger partial charge in [-0.15, -0.1) is 0 Å². The number of anilines is 1.